The molecule has 1 unspecified atom stereocenters. The van der Waals surface area contributed by atoms with Crippen LogP contribution in [0.1, 0.15) is 18.9 Å². The van der Waals surface area contributed by atoms with Crippen LogP contribution in [0.4, 0.5) is 10.8 Å². The number of hydrogen-bond acceptors (Lipinski definition) is 10. The summed E-state index contributed by atoms with van der Waals surface area (Å²) < 4.78 is 30.5. The molecule has 0 saturated carbocycles. The number of amides is 1. The number of nitro groups is 1. The van der Waals surface area contributed by atoms with E-state index in [0.29, 0.717) is 11.3 Å². The molecule has 0 aliphatic heterocycles. The largest absolute Gasteiger partial charge is 0.456 e. The number of hydrogen-bond donors (Lipinski definition) is 2. The zero-order chi connectivity index (χ0) is 25.6. The van der Waals surface area contributed by atoms with Crippen molar-refractivity contribution in [3.63, 3.8) is 0 Å². The number of non-ortho nitro benzene ring substituents is 1. The first-order chi connectivity index (χ1) is 16.6. The molecular formula is C22H20N4O7S2. The van der Waals surface area contributed by atoms with Crippen molar-refractivity contribution < 1.29 is 27.7 Å². The van der Waals surface area contributed by atoms with E-state index >= 15 is 0 Å². The summed E-state index contributed by atoms with van der Waals surface area (Å²) in [7, 11) is -4.02. The lowest BCUT2D eigenvalue weighted by atomic mass is 9.99. The van der Waals surface area contributed by atoms with E-state index in [1.807, 2.05) is 6.07 Å². The van der Waals surface area contributed by atoms with Crippen LogP contribution >= 0.6 is 11.3 Å². The molecule has 1 atom stereocenters. The van der Waals surface area contributed by atoms with Gasteiger partial charge in [0, 0.05) is 12.1 Å². The van der Waals surface area contributed by atoms with E-state index in [9.17, 15) is 28.1 Å². The molecule has 2 aromatic carbocycles. The minimum atomic E-state index is -4.02. The van der Waals surface area contributed by atoms with Gasteiger partial charge in [0.2, 0.25) is 15.7 Å². The smallest absolute Gasteiger partial charge is 0.353 e. The van der Waals surface area contributed by atoms with Gasteiger partial charge in [-0.1, -0.05) is 48.6 Å². The molecule has 0 saturated heterocycles. The lowest BCUT2D eigenvalue weighted by Crippen LogP contribution is -2.34. The first-order valence-corrected chi connectivity index (χ1v) is 12.5. The molecule has 1 heterocycles. The van der Waals surface area contributed by atoms with Gasteiger partial charge in [-0.3, -0.25) is 20.3 Å². The highest BCUT2D eigenvalue weighted by Crippen LogP contribution is 2.30. The molecule has 3 aromatic rings. The summed E-state index contributed by atoms with van der Waals surface area (Å²) in [5, 5.41) is 21.2. The molecule has 2 N–H and O–H groups in total. The van der Waals surface area contributed by atoms with Crippen molar-refractivity contribution in [2.75, 3.05) is 5.32 Å². The second-order valence-electron chi connectivity index (χ2n) is 7.16. The molecular weight excluding hydrogens is 496 g/mol. The summed E-state index contributed by atoms with van der Waals surface area (Å²) in [6.07, 6.45) is 1.18. The second kappa shape index (κ2) is 11.0. The zero-order valence-electron chi connectivity index (χ0n) is 18.3. The van der Waals surface area contributed by atoms with Crippen molar-refractivity contribution in [1.29, 1.82) is 5.41 Å². The number of nitrogens with one attached hydrogen (secondary N) is 2. The number of nitrogens with zero attached hydrogens (tertiary/aromatic N) is 2. The molecule has 0 aliphatic rings. The van der Waals surface area contributed by atoms with Gasteiger partial charge in [0.1, 0.15) is 16.5 Å². The SMILES string of the molecule is CCC(C(=N)C(=O)OCc1ccccc1)C(=O)Nc1ncc(S(=O)(=O)c2ccc([N+](=O)[O-])cc2)s1. The monoisotopic (exact) mass is 516 g/mol. The van der Waals surface area contributed by atoms with Crippen molar-refractivity contribution >= 4 is 49.6 Å². The Morgan fingerprint density at radius 3 is 2.43 bits per heavy atom. The molecule has 0 radical (unpaired) electrons. The molecule has 182 valence electrons. The van der Waals surface area contributed by atoms with E-state index in [0.717, 1.165) is 36.0 Å². The zero-order valence-corrected chi connectivity index (χ0v) is 20.0. The van der Waals surface area contributed by atoms with Crippen molar-refractivity contribution in [2.24, 2.45) is 5.92 Å². The van der Waals surface area contributed by atoms with Gasteiger partial charge in [0.25, 0.3) is 5.69 Å². The number of carbonyl (C=O) groups is 2. The van der Waals surface area contributed by atoms with Crippen LogP contribution in [-0.4, -0.2) is 35.9 Å². The molecule has 11 nitrogen and oxygen atoms in total. The number of anilines is 1. The third-order valence-electron chi connectivity index (χ3n) is 4.84. The van der Waals surface area contributed by atoms with E-state index in [4.69, 9.17) is 10.1 Å². The lowest BCUT2D eigenvalue weighted by Gasteiger charge is -2.14. The van der Waals surface area contributed by atoms with E-state index in [2.05, 4.69) is 10.3 Å². The Morgan fingerprint density at radius 1 is 1.17 bits per heavy atom. The molecule has 0 aliphatic carbocycles. The highest BCUT2D eigenvalue weighted by molar-refractivity contribution is 7.93. The van der Waals surface area contributed by atoms with Crippen LogP contribution in [-0.2, 0) is 30.8 Å². The van der Waals surface area contributed by atoms with Gasteiger partial charge in [0.15, 0.2) is 5.13 Å². The fourth-order valence-corrected chi connectivity index (χ4v) is 5.40. The van der Waals surface area contributed by atoms with E-state index in [1.54, 1.807) is 31.2 Å². The Morgan fingerprint density at radius 2 is 1.83 bits per heavy atom. The molecule has 1 aromatic heterocycles. The number of rotatable bonds is 10. The van der Waals surface area contributed by atoms with Crippen LogP contribution < -0.4 is 5.32 Å². The molecule has 0 bridgehead atoms. The number of sulfone groups is 1. The quantitative estimate of drug-likeness (QED) is 0.178. The van der Waals surface area contributed by atoms with Gasteiger partial charge >= 0.3 is 5.97 Å². The number of nitro benzene ring substituents is 1. The average molecular weight is 517 g/mol. The topological polar surface area (TPSA) is 169 Å². The number of thiazole rings is 1. The van der Waals surface area contributed by atoms with Crippen LogP contribution in [0.3, 0.4) is 0 Å². The molecule has 1 amide bonds. The summed E-state index contributed by atoms with van der Waals surface area (Å²) >= 11 is 0.677. The maximum Gasteiger partial charge on any atom is 0.353 e. The van der Waals surface area contributed by atoms with Crippen LogP contribution in [0.2, 0.25) is 0 Å². The highest BCUT2D eigenvalue weighted by atomic mass is 32.2. The lowest BCUT2D eigenvalue weighted by molar-refractivity contribution is -0.384. The fraction of sp³-hybridized carbons (Fsp3) is 0.182. The molecule has 13 heteroatoms. The van der Waals surface area contributed by atoms with Gasteiger partial charge < -0.3 is 10.1 Å². The molecule has 0 fully saturated rings. The number of aromatic nitrogens is 1. The average Bonchev–Trinajstić information content (AvgIpc) is 3.33. The summed E-state index contributed by atoms with van der Waals surface area (Å²) in [4.78, 5) is 38.8. The first-order valence-electron chi connectivity index (χ1n) is 10.2. The number of carbonyl (C=O) groups excluding carboxylic acids is 2. The van der Waals surface area contributed by atoms with Gasteiger partial charge in [-0.25, -0.2) is 18.2 Å². The second-order valence-corrected chi connectivity index (χ2v) is 10.4. The summed E-state index contributed by atoms with van der Waals surface area (Å²) in [6, 6.07) is 13.3. The Hall–Kier alpha value is -3.97. The van der Waals surface area contributed by atoms with Crippen molar-refractivity contribution in [1.82, 2.24) is 4.98 Å². The number of benzene rings is 2. The van der Waals surface area contributed by atoms with Crippen LogP contribution in [0.5, 0.6) is 0 Å². The highest BCUT2D eigenvalue weighted by Gasteiger charge is 2.29. The van der Waals surface area contributed by atoms with E-state index in [-0.39, 0.29) is 33.0 Å². The third-order valence-corrected chi connectivity index (χ3v) is 7.99. The van der Waals surface area contributed by atoms with E-state index < -0.39 is 38.3 Å². The summed E-state index contributed by atoms with van der Waals surface area (Å²) in [5.74, 6) is -2.77. The Balaban J connectivity index is 1.66. The standard InChI is InChI=1S/C22H20N4O7S2/c1-2-17(19(23)21(28)33-13-14-6-4-3-5-7-14)20(27)25-22-24-12-18(34-22)35(31,32)16-10-8-15(9-11-16)26(29)30/h3-12,17,23H,2,13H2,1H3,(H,24,25,27). The fourth-order valence-electron chi connectivity index (χ4n) is 2.96. The maximum atomic E-state index is 12.8. The molecule has 0 spiro atoms. The predicted octanol–water partition coefficient (Wildman–Crippen LogP) is 3.61. The first kappa shape index (κ1) is 25.6. The predicted molar refractivity (Wildman–Crippen MR) is 127 cm³/mol. The van der Waals surface area contributed by atoms with Crippen molar-refractivity contribution in [3.8, 4) is 0 Å². The van der Waals surface area contributed by atoms with Crippen molar-refractivity contribution in [2.45, 2.75) is 29.1 Å². The van der Waals surface area contributed by atoms with Crippen molar-refractivity contribution in [3.05, 3.63) is 76.5 Å². The minimum absolute atomic E-state index is 0.0422. The van der Waals surface area contributed by atoms with Crippen LogP contribution in [0.15, 0.2) is 69.9 Å². The van der Waals surface area contributed by atoms with Crippen LogP contribution in [0, 0.1) is 21.4 Å². The Labute approximate surface area is 204 Å². The van der Waals surface area contributed by atoms with E-state index in [1.165, 1.54) is 0 Å². The van der Waals surface area contributed by atoms with Gasteiger partial charge in [-0.2, -0.15) is 0 Å². The molecule has 35 heavy (non-hydrogen) atoms. The molecule has 3 rings (SSSR count). The normalized spacial score (nSPS) is 11.9. The van der Waals surface area contributed by atoms with Gasteiger partial charge in [-0.15, -0.1) is 0 Å². The third kappa shape index (κ3) is 6.13. The summed E-state index contributed by atoms with van der Waals surface area (Å²) in [5.41, 5.74) is -0.0523. The number of ether oxygens (including phenoxy) is 1. The van der Waals surface area contributed by atoms with Crippen LogP contribution in [0.25, 0.3) is 0 Å². The minimum Gasteiger partial charge on any atom is -0.456 e. The number of esters is 1. The maximum absolute atomic E-state index is 12.8. The van der Waals surface area contributed by atoms with Gasteiger partial charge in [0.05, 0.1) is 21.9 Å². The Bertz CT molecular complexity index is 1350. The summed E-state index contributed by atoms with van der Waals surface area (Å²) in [6.45, 7) is 1.58. The Kier molecular flexibility index (Phi) is 8.04. The van der Waals surface area contributed by atoms with Gasteiger partial charge in [-0.05, 0) is 24.1 Å².